The number of hydrogen-bond donors (Lipinski definition) is 1. The molecule has 11 heavy (non-hydrogen) atoms. The van der Waals surface area contributed by atoms with Crippen LogP contribution >= 0.6 is 0 Å². The highest BCUT2D eigenvalue weighted by molar-refractivity contribution is 5.84. The van der Waals surface area contributed by atoms with Gasteiger partial charge in [0.25, 0.3) is 0 Å². The topological polar surface area (TPSA) is 38.4 Å². The Hall–Kier alpha value is -0.370. The van der Waals surface area contributed by atoms with E-state index in [1.54, 1.807) is 0 Å². The summed E-state index contributed by atoms with van der Waals surface area (Å²) in [7, 11) is 0. The zero-order valence-corrected chi connectivity index (χ0v) is 8.09. The summed E-state index contributed by atoms with van der Waals surface area (Å²) in [5.74, 6) is 0.589. The van der Waals surface area contributed by atoms with Crippen molar-refractivity contribution in [3.05, 3.63) is 0 Å². The van der Waals surface area contributed by atoms with Gasteiger partial charge in [0.05, 0.1) is 6.17 Å². The Morgan fingerprint density at radius 3 is 2.36 bits per heavy atom. The van der Waals surface area contributed by atoms with Crippen LogP contribution in [0.2, 0.25) is 0 Å². The Kier molecular flexibility index (Phi) is 5.12. The number of nitrogens with two attached hydrogens (primary N) is 1. The fraction of sp³-hybridized carbons (Fsp3) is 0.889. The lowest BCUT2D eigenvalue weighted by Gasteiger charge is -2.10. The maximum atomic E-state index is 5.54. The zero-order chi connectivity index (χ0) is 8.85. The van der Waals surface area contributed by atoms with Crippen molar-refractivity contribution >= 4 is 5.71 Å². The smallest absolute Gasteiger partial charge is 0.0940 e. The van der Waals surface area contributed by atoms with Crippen LogP contribution in [0.5, 0.6) is 0 Å². The molecule has 0 rings (SSSR count). The molecule has 0 aliphatic rings. The molecule has 0 heterocycles. The van der Waals surface area contributed by atoms with E-state index in [2.05, 4.69) is 25.8 Å². The summed E-state index contributed by atoms with van der Waals surface area (Å²) in [5, 5.41) is 0. The van der Waals surface area contributed by atoms with Gasteiger partial charge in [-0.05, 0) is 26.2 Å². The molecule has 2 heteroatoms. The fourth-order valence-corrected chi connectivity index (χ4v) is 1.09. The first-order valence-corrected chi connectivity index (χ1v) is 4.37. The minimum Gasteiger partial charge on any atom is -0.310 e. The first kappa shape index (κ1) is 10.6. The Morgan fingerprint density at radius 2 is 2.00 bits per heavy atom. The Morgan fingerprint density at radius 1 is 1.45 bits per heavy atom. The second-order valence-corrected chi connectivity index (χ2v) is 3.20. The minimum absolute atomic E-state index is 0.0469. The Labute approximate surface area is 69.9 Å². The predicted molar refractivity (Wildman–Crippen MR) is 50.8 cm³/mol. The van der Waals surface area contributed by atoms with E-state index in [1.165, 1.54) is 18.6 Å². The minimum atomic E-state index is -0.0469. The van der Waals surface area contributed by atoms with E-state index in [4.69, 9.17) is 5.73 Å². The van der Waals surface area contributed by atoms with Crippen molar-refractivity contribution in [3.8, 4) is 0 Å². The monoisotopic (exact) mass is 156 g/mol. The van der Waals surface area contributed by atoms with E-state index >= 15 is 0 Å². The normalized spacial score (nSPS) is 18.1. The van der Waals surface area contributed by atoms with Gasteiger partial charge >= 0.3 is 0 Å². The molecule has 0 spiro atoms. The second-order valence-electron chi connectivity index (χ2n) is 3.20. The molecule has 1 unspecified atom stereocenters. The third-order valence-corrected chi connectivity index (χ3v) is 1.84. The highest BCUT2D eigenvalue weighted by atomic mass is 14.9. The van der Waals surface area contributed by atoms with Crippen molar-refractivity contribution in [2.45, 2.75) is 46.7 Å². The van der Waals surface area contributed by atoms with Crippen molar-refractivity contribution in [2.24, 2.45) is 16.6 Å². The molecular weight excluding hydrogens is 136 g/mol. The molecule has 66 valence electrons. The largest absolute Gasteiger partial charge is 0.310 e. The molecule has 2 atom stereocenters. The van der Waals surface area contributed by atoms with E-state index in [9.17, 15) is 0 Å². The van der Waals surface area contributed by atoms with E-state index in [1.807, 2.05) is 6.92 Å². The summed E-state index contributed by atoms with van der Waals surface area (Å²) in [6, 6.07) is 0. The van der Waals surface area contributed by atoms with Gasteiger partial charge in [0.15, 0.2) is 0 Å². The third kappa shape index (κ3) is 4.96. The molecule has 0 aromatic rings. The number of hydrogen-bond acceptors (Lipinski definition) is 2. The molecule has 0 amide bonds. The maximum absolute atomic E-state index is 5.54. The predicted octanol–water partition coefficient (Wildman–Crippen LogP) is 2.19. The van der Waals surface area contributed by atoms with Gasteiger partial charge in [0.2, 0.25) is 0 Å². The summed E-state index contributed by atoms with van der Waals surface area (Å²) in [5.41, 5.74) is 6.72. The molecule has 0 aromatic heterocycles. The van der Waals surface area contributed by atoms with Gasteiger partial charge < -0.3 is 5.73 Å². The molecule has 2 nitrogen and oxygen atoms in total. The lowest BCUT2D eigenvalue weighted by atomic mass is 10.0. The van der Waals surface area contributed by atoms with Crippen LogP contribution in [-0.2, 0) is 0 Å². The lowest BCUT2D eigenvalue weighted by molar-refractivity contribution is 0.652. The SMILES string of the molecule is CCCC(C)C(C)=N[C@H](C)N. The third-order valence-electron chi connectivity index (χ3n) is 1.84. The summed E-state index contributed by atoms with van der Waals surface area (Å²) in [6.07, 6.45) is 2.38. The highest BCUT2D eigenvalue weighted by Gasteiger charge is 2.03. The van der Waals surface area contributed by atoms with Crippen molar-refractivity contribution in [1.82, 2.24) is 0 Å². The van der Waals surface area contributed by atoms with Crippen molar-refractivity contribution in [3.63, 3.8) is 0 Å². The van der Waals surface area contributed by atoms with Crippen LogP contribution in [0.15, 0.2) is 4.99 Å². The van der Waals surface area contributed by atoms with Crippen LogP contribution < -0.4 is 5.73 Å². The zero-order valence-electron chi connectivity index (χ0n) is 8.09. The van der Waals surface area contributed by atoms with E-state index in [0.717, 1.165) is 0 Å². The number of rotatable bonds is 4. The summed E-state index contributed by atoms with van der Waals surface area (Å²) in [6.45, 7) is 8.35. The molecule has 0 fully saturated rings. The van der Waals surface area contributed by atoms with Crippen molar-refractivity contribution < 1.29 is 0 Å². The molecule has 0 saturated carbocycles. The van der Waals surface area contributed by atoms with Crippen LogP contribution in [0.25, 0.3) is 0 Å². The standard InChI is InChI=1S/C9H20N2/c1-5-6-7(2)8(3)11-9(4)10/h7,9H,5-6,10H2,1-4H3/t7?,9-/m1/s1. The number of nitrogens with zero attached hydrogens (tertiary/aromatic N) is 1. The van der Waals surface area contributed by atoms with E-state index < -0.39 is 0 Å². The average Bonchev–Trinajstić information content (AvgIpc) is 1.86. The molecule has 2 N–H and O–H groups in total. The molecule has 0 aliphatic carbocycles. The van der Waals surface area contributed by atoms with Gasteiger partial charge in [0, 0.05) is 5.71 Å². The molecular formula is C9H20N2. The molecule has 0 radical (unpaired) electrons. The van der Waals surface area contributed by atoms with Gasteiger partial charge in [-0.3, -0.25) is 4.99 Å². The fourth-order valence-electron chi connectivity index (χ4n) is 1.09. The van der Waals surface area contributed by atoms with Crippen LogP contribution in [0, 0.1) is 5.92 Å². The number of aliphatic imine (C=N–C) groups is 1. The van der Waals surface area contributed by atoms with Crippen molar-refractivity contribution in [1.29, 1.82) is 0 Å². The van der Waals surface area contributed by atoms with Gasteiger partial charge in [-0.25, -0.2) is 0 Å². The Bertz CT molecular complexity index is 128. The molecule has 0 saturated heterocycles. The van der Waals surface area contributed by atoms with Gasteiger partial charge in [-0.1, -0.05) is 20.3 Å². The quantitative estimate of drug-likeness (QED) is 0.622. The van der Waals surface area contributed by atoms with E-state index in [0.29, 0.717) is 5.92 Å². The van der Waals surface area contributed by atoms with Gasteiger partial charge in [0.1, 0.15) is 0 Å². The van der Waals surface area contributed by atoms with Crippen LogP contribution in [0.1, 0.15) is 40.5 Å². The average molecular weight is 156 g/mol. The first-order valence-electron chi connectivity index (χ1n) is 4.37. The van der Waals surface area contributed by atoms with Gasteiger partial charge in [-0.15, -0.1) is 0 Å². The lowest BCUT2D eigenvalue weighted by Crippen LogP contribution is -2.17. The van der Waals surface area contributed by atoms with Crippen LogP contribution in [0.3, 0.4) is 0 Å². The highest BCUT2D eigenvalue weighted by Crippen LogP contribution is 2.07. The molecule has 0 bridgehead atoms. The second kappa shape index (κ2) is 5.30. The Balaban J connectivity index is 3.89. The van der Waals surface area contributed by atoms with Crippen LogP contribution in [-0.4, -0.2) is 11.9 Å². The molecule has 0 aromatic carbocycles. The summed E-state index contributed by atoms with van der Waals surface area (Å²) >= 11 is 0. The van der Waals surface area contributed by atoms with Crippen LogP contribution in [0.4, 0.5) is 0 Å². The first-order chi connectivity index (χ1) is 5.07. The van der Waals surface area contributed by atoms with E-state index in [-0.39, 0.29) is 6.17 Å². The summed E-state index contributed by atoms with van der Waals surface area (Å²) < 4.78 is 0. The van der Waals surface area contributed by atoms with Crippen molar-refractivity contribution in [2.75, 3.05) is 0 Å². The molecule has 0 aliphatic heterocycles. The van der Waals surface area contributed by atoms with Gasteiger partial charge in [-0.2, -0.15) is 0 Å². The summed E-state index contributed by atoms with van der Waals surface area (Å²) in [4.78, 5) is 4.29. The maximum Gasteiger partial charge on any atom is 0.0940 e.